The van der Waals surface area contributed by atoms with Gasteiger partial charge in [0.05, 0.1) is 22.5 Å². The smallest absolute Gasteiger partial charge is 0.226 e. The summed E-state index contributed by atoms with van der Waals surface area (Å²) in [6.07, 6.45) is 0.120. The monoisotopic (exact) mass is 399 g/mol. The maximum Gasteiger partial charge on any atom is 0.226 e. The summed E-state index contributed by atoms with van der Waals surface area (Å²) in [7, 11) is 3.99. The van der Waals surface area contributed by atoms with Gasteiger partial charge in [0.1, 0.15) is 6.07 Å². The average molecular weight is 399 g/mol. The van der Waals surface area contributed by atoms with E-state index in [0.717, 1.165) is 40.2 Å². The Labute approximate surface area is 176 Å². The molecule has 0 spiro atoms. The molecule has 2 heterocycles. The van der Waals surface area contributed by atoms with E-state index in [4.69, 9.17) is 15.6 Å². The Morgan fingerprint density at radius 1 is 1.13 bits per heavy atom. The van der Waals surface area contributed by atoms with Crippen LogP contribution in [-0.2, 0) is 6.42 Å². The van der Waals surface area contributed by atoms with Crippen LogP contribution >= 0.6 is 0 Å². The van der Waals surface area contributed by atoms with E-state index in [2.05, 4.69) is 25.1 Å². The SMILES string of the molecule is CCc1ccc(-n2nc(C)c3c2OC(N)C(C#N)=C3c2ccc(N(C)C)cc2)cc1. The van der Waals surface area contributed by atoms with Crippen LogP contribution in [0.5, 0.6) is 5.88 Å². The van der Waals surface area contributed by atoms with Crippen molar-refractivity contribution in [3.05, 3.63) is 76.5 Å². The third-order valence-electron chi connectivity index (χ3n) is 5.44. The van der Waals surface area contributed by atoms with Gasteiger partial charge in [0.25, 0.3) is 0 Å². The fourth-order valence-corrected chi connectivity index (χ4v) is 3.75. The van der Waals surface area contributed by atoms with Crippen molar-refractivity contribution in [1.82, 2.24) is 9.78 Å². The van der Waals surface area contributed by atoms with Gasteiger partial charge < -0.3 is 9.64 Å². The Bertz CT molecular complexity index is 1150. The first-order chi connectivity index (χ1) is 14.4. The van der Waals surface area contributed by atoms with Crippen LogP contribution in [0, 0.1) is 18.3 Å². The number of nitriles is 1. The largest absolute Gasteiger partial charge is 0.453 e. The van der Waals surface area contributed by atoms with E-state index < -0.39 is 6.23 Å². The molecule has 0 amide bonds. The molecule has 1 atom stereocenters. The van der Waals surface area contributed by atoms with E-state index in [1.54, 1.807) is 4.68 Å². The third kappa shape index (κ3) is 3.23. The molecule has 1 aliphatic rings. The lowest BCUT2D eigenvalue weighted by atomic mass is 9.91. The summed E-state index contributed by atoms with van der Waals surface area (Å²) in [4.78, 5) is 2.04. The van der Waals surface area contributed by atoms with Crippen LogP contribution in [0.1, 0.15) is 29.3 Å². The molecule has 6 nitrogen and oxygen atoms in total. The number of hydrogen-bond acceptors (Lipinski definition) is 5. The molecule has 4 rings (SSSR count). The Morgan fingerprint density at radius 2 is 1.80 bits per heavy atom. The van der Waals surface area contributed by atoms with E-state index in [0.29, 0.717) is 11.5 Å². The molecule has 0 fully saturated rings. The number of nitrogens with two attached hydrogens (primary N) is 1. The van der Waals surface area contributed by atoms with Crippen LogP contribution in [0.3, 0.4) is 0 Å². The van der Waals surface area contributed by atoms with Gasteiger partial charge in [-0.1, -0.05) is 31.2 Å². The summed E-state index contributed by atoms with van der Waals surface area (Å²) in [5.74, 6) is 0.565. The second-order valence-corrected chi connectivity index (χ2v) is 7.58. The van der Waals surface area contributed by atoms with Crippen LogP contribution in [0.15, 0.2) is 54.1 Å². The lowest BCUT2D eigenvalue weighted by Gasteiger charge is -2.25. The van der Waals surface area contributed by atoms with E-state index >= 15 is 0 Å². The molecule has 2 N–H and O–H groups in total. The van der Waals surface area contributed by atoms with Gasteiger partial charge in [0.15, 0.2) is 6.23 Å². The van der Waals surface area contributed by atoms with Gasteiger partial charge in [-0.3, -0.25) is 5.73 Å². The first kappa shape index (κ1) is 19.7. The zero-order chi connectivity index (χ0) is 21.4. The molecule has 1 unspecified atom stereocenters. The maximum atomic E-state index is 9.83. The van der Waals surface area contributed by atoms with E-state index in [1.807, 2.05) is 62.3 Å². The summed E-state index contributed by atoms with van der Waals surface area (Å²) < 4.78 is 7.77. The first-order valence-corrected chi connectivity index (χ1v) is 9.98. The second kappa shape index (κ2) is 7.69. The van der Waals surface area contributed by atoms with Crippen LogP contribution in [0.25, 0.3) is 11.3 Å². The number of aryl methyl sites for hydroxylation is 2. The fraction of sp³-hybridized carbons (Fsp3) is 0.250. The Hall–Kier alpha value is -3.56. The van der Waals surface area contributed by atoms with E-state index in [1.165, 1.54) is 5.56 Å². The number of rotatable bonds is 4. The zero-order valence-corrected chi connectivity index (χ0v) is 17.7. The summed E-state index contributed by atoms with van der Waals surface area (Å²) >= 11 is 0. The fourth-order valence-electron chi connectivity index (χ4n) is 3.75. The van der Waals surface area contributed by atoms with Crippen molar-refractivity contribution in [2.75, 3.05) is 19.0 Å². The number of nitrogens with zero attached hydrogens (tertiary/aromatic N) is 4. The molecule has 30 heavy (non-hydrogen) atoms. The van der Waals surface area contributed by atoms with Gasteiger partial charge in [0, 0.05) is 25.4 Å². The lowest BCUT2D eigenvalue weighted by molar-refractivity contribution is 0.228. The molecular formula is C24H25N5O. The van der Waals surface area contributed by atoms with E-state index in [-0.39, 0.29) is 0 Å². The van der Waals surface area contributed by atoms with E-state index in [9.17, 15) is 5.26 Å². The molecule has 0 bridgehead atoms. The highest BCUT2D eigenvalue weighted by Gasteiger charge is 2.33. The molecule has 3 aromatic rings. The maximum absolute atomic E-state index is 9.83. The summed E-state index contributed by atoms with van der Waals surface area (Å²) in [5.41, 5.74) is 13.2. The predicted molar refractivity (Wildman–Crippen MR) is 119 cm³/mol. The number of anilines is 1. The molecule has 0 saturated heterocycles. The van der Waals surface area contributed by atoms with Crippen molar-refractivity contribution in [1.29, 1.82) is 5.26 Å². The summed E-state index contributed by atoms with van der Waals surface area (Å²) in [6.45, 7) is 4.05. The van der Waals surface area contributed by atoms with Crippen molar-refractivity contribution in [3.8, 4) is 17.6 Å². The molecule has 1 aromatic heterocycles. The van der Waals surface area contributed by atoms with Crippen molar-refractivity contribution in [3.63, 3.8) is 0 Å². The van der Waals surface area contributed by atoms with Crippen molar-refractivity contribution >= 4 is 11.3 Å². The minimum atomic E-state index is -0.851. The summed E-state index contributed by atoms with van der Waals surface area (Å²) in [5, 5.41) is 14.6. The Balaban J connectivity index is 1.89. The molecule has 2 aromatic carbocycles. The average Bonchev–Trinajstić information content (AvgIpc) is 3.08. The normalized spacial score (nSPS) is 15.4. The number of ether oxygens (including phenoxy) is 1. The molecule has 152 valence electrons. The van der Waals surface area contributed by atoms with Crippen LogP contribution in [0.4, 0.5) is 5.69 Å². The predicted octanol–water partition coefficient (Wildman–Crippen LogP) is 3.81. The molecule has 0 radical (unpaired) electrons. The van der Waals surface area contributed by atoms with Crippen molar-refractivity contribution in [2.24, 2.45) is 5.73 Å². The van der Waals surface area contributed by atoms with Crippen LogP contribution < -0.4 is 15.4 Å². The third-order valence-corrected chi connectivity index (χ3v) is 5.44. The highest BCUT2D eigenvalue weighted by Crippen LogP contribution is 2.42. The molecule has 6 heteroatoms. The first-order valence-electron chi connectivity index (χ1n) is 9.98. The number of aromatic nitrogens is 2. The quantitative estimate of drug-likeness (QED) is 0.722. The van der Waals surface area contributed by atoms with Gasteiger partial charge in [-0.25, -0.2) is 4.68 Å². The molecule has 1 aliphatic heterocycles. The number of hydrogen-bond donors (Lipinski definition) is 1. The van der Waals surface area contributed by atoms with Gasteiger partial charge in [-0.15, -0.1) is 0 Å². The Morgan fingerprint density at radius 3 is 2.37 bits per heavy atom. The highest BCUT2D eigenvalue weighted by atomic mass is 16.5. The molecule has 0 saturated carbocycles. The molecule has 0 aliphatic carbocycles. The van der Waals surface area contributed by atoms with Gasteiger partial charge >= 0.3 is 0 Å². The topological polar surface area (TPSA) is 80.1 Å². The highest BCUT2D eigenvalue weighted by molar-refractivity contribution is 5.89. The standard InChI is InChI=1S/C24H25N5O/c1-5-16-6-10-19(11-7-16)29-24-21(15(2)27-29)22(20(14-25)23(26)30-24)17-8-12-18(13-9-17)28(3)4/h6-13,23H,5,26H2,1-4H3. The zero-order valence-electron chi connectivity index (χ0n) is 17.7. The van der Waals surface area contributed by atoms with Crippen LogP contribution in [0.2, 0.25) is 0 Å². The minimum Gasteiger partial charge on any atom is -0.453 e. The lowest BCUT2D eigenvalue weighted by Crippen LogP contribution is -2.33. The number of fused-ring (bicyclic) bond motifs is 1. The minimum absolute atomic E-state index is 0.407. The van der Waals surface area contributed by atoms with Crippen molar-refractivity contribution in [2.45, 2.75) is 26.5 Å². The molecular weight excluding hydrogens is 374 g/mol. The second-order valence-electron chi connectivity index (χ2n) is 7.58. The van der Waals surface area contributed by atoms with Crippen LogP contribution in [-0.4, -0.2) is 30.1 Å². The van der Waals surface area contributed by atoms with Gasteiger partial charge in [-0.05, 0) is 48.7 Å². The van der Waals surface area contributed by atoms with Gasteiger partial charge in [-0.2, -0.15) is 10.4 Å². The van der Waals surface area contributed by atoms with Crippen molar-refractivity contribution < 1.29 is 4.74 Å². The Kier molecular flexibility index (Phi) is 5.06. The van der Waals surface area contributed by atoms with Gasteiger partial charge in [0.2, 0.25) is 5.88 Å². The summed E-state index contributed by atoms with van der Waals surface area (Å²) in [6, 6.07) is 18.5. The number of benzene rings is 2.